The van der Waals surface area contributed by atoms with Crippen molar-refractivity contribution in [1.82, 2.24) is 24.5 Å². The van der Waals surface area contributed by atoms with Crippen LogP contribution in [0.4, 0.5) is 10.6 Å². The lowest BCUT2D eigenvalue weighted by molar-refractivity contribution is 0.00560. The van der Waals surface area contributed by atoms with Crippen LogP contribution in [0.3, 0.4) is 0 Å². The topological polar surface area (TPSA) is 104 Å². The van der Waals surface area contributed by atoms with E-state index in [1.54, 1.807) is 7.11 Å². The van der Waals surface area contributed by atoms with Crippen LogP contribution in [0.25, 0.3) is 28.0 Å². The van der Waals surface area contributed by atoms with Crippen molar-refractivity contribution < 1.29 is 23.7 Å². The number of hydrogen-bond donors (Lipinski definition) is 0. The fourth-order valence-corrected chi connectivity index (χ4v) is 9.30. The predicted octanol–water partition coefficient (Wildman–Crippen LogP) is 9.68. The van der Waals surface area contributed by atoms with Gasteiger partial charge in [0.15, 0.2) is 5.65 Å². The lowest BCUT2D eigenvalue weighted by Crippen LogP contribution is -2.48. The summed E-state index contributed by atoms with van der Waals surface area (Å²) in [5, 5.41) is 5.03. The van der Waals surface area contributed by atoms with Gasteiger partial charge in [-0.15, -0.1) is 0 Å². The highest BCUT2D eigenvalue weighted by Gasteiger charge is 2.46. The van der Waals surface area contributed by atoms with E-state index in [9.17, 15) is 4.79 Å². The molecule has 5 heterocycles. The van der Waals surface area contributed by atoms with Gasteiger partial charge in [-0.3, -0.25) is 4.98 Å². The molecule has 1 amide bonds. The number of amides is 1. The van der Waals surface area contributed by atoms with Crippen LogP contribution in [0.5, 0.6) is 0 Å². The Bertz CT molecular complexity index is 1880. The van der Waals surface area contributed by atoms with Gasteiger partial charge in [-0.05, 0) is 64.6 Å². The van der Waals surface area contributed by atoms with Gasteiger partial charge in [0.2, 0.25) is 0 Å². The lowest BCUT2D eigenvalue weighted by atomic mass is 9.86. The quantitative estimate of drug-likeness (QED) is 0.0623. The molecule has 0 radical (unpaired) electrons. The third-order valence-electron chi connectivity index (χ3n) is 10.7. The Labute approximate surface area is 336 Å². The summed E-state index contributed by atoms with van der Waals surface area (Å²) in [4.78, 5) is 28.1. The van der Waals surface area contributed by atoms with Crippen molar-refractivity contribution in [2.75, 3.05) is 38.7 Å². The van der Waals surface area contributed by atoms with Gasteiger partial charge in [-0.1, -0.05) is 75.7 Å². The van der Waals surface area contributed by atoms with Crippen molar-refractivity contribution in [1.29, 1.82) is 0 Å². The molecule has 2 bridgehead atoms. The summed E-state index contributed by atoms with van der Waals surface area (Å²) < 4.78 is 26.8. The summed E-state index contributed by atoms with van der Waals surface area (Å²) in [5.41, 5.74) is 5.98. The minimum atomic E-state index is -1.31. The van der Waals surface area contributed by atoms with E-state index in [0.717, 1.165) is 82.9 Å². The van der Waals surface area contributed by atoms with E-state index in [-0.39, 0.29) is 24.1 Å². The highest BCUT2D eigenvalue weighted by atomic mass is 28.3. The first kappa shape index (κ1) is 42.0. The summed E-state index contributed by atoms with van der Waals surface area (Å²) in [5.74, 6) is 0.971. The zero-order chi connectivity index (χ0) is 40.3. The Kier molecular flexibility index (Phi) is 13.1. The number of benzene rings is 1. The van der Waals surface area contributed by atoms with Crippen molar-refractivity contribution in [3.63, 3.8) is 0 Å². The van der Waals surface area contributed by atoms with Crippen LogP contribution in [0, 0.1) is 0 Å². The van der Waals surface area contributed by atoms with Gasteiger partial charge in [0.05, 0.1) is 24.2 Å². The van der Waals surface area contributed by atoms with Gasteiger partial charge in [0.1, 0.15) is 24.9 Å². The molecule has 3 atom stereocenters. The monoisotopic (exact) mass is 800 g/mol. The SMILES string of the molecule is COCc1c([C@H]2C[C@H]3CC[C@@H](C2)N3C(=O)OC(C)(C)C)nc2c(-c3ccc(-c4ccccc4)nc3)cnn2c1N(COCC[Si](C)(C)C)COCC[Si](C)(C)C. The highest BCUT2D eigenvalue weighted by molar-refractivity contribution is 6.76. The Morgan fingerprint density at radius 1 is 0.857 bits per heavy atom. The zero-order valence-corrected chi connectivity index (χ0v) is 37.4. The number of nitrogens with zero attached hydrogens (tertiary/aromatic N) is 6. The van der Waals surface area contributed by atoms with Gasteiger partial charge in [0.25, 0.3) is 0 Å². The molecule has 0 N–H and O–H groups in total. The van der Waals surface area contributed by atoms with E-state index in [4.69, 9.17) is 34.0 Å². The van der Waals surface area contributed by atoms with Gasteiger partial charge in [-0.25, -0.2) is 9.78 Å². The fraction of sp³-hybridized carbons (Fsp3) is 0.581. The summed E-state index contributed by atoms with van der Waals surface area (Å²) in [6, 6.07) is 16.7. The maximum atomic E-state index is 13.5. The van der Waals surface area contributed by atoms with Gasteiger partial charge >= 0.3 is 6.09 Å². The first-order valence-corrected chi connectivity index (χ1v) is 27.8. The van der Waals surface area contributed by atoms with Gasteiger partial charge in [0, 0.05) is 82.9 Å². The van der Waals surface area contributed by atoms with Crippen molar-refractivity contribution in [3.05, 3.63) is 66.1 Å². The highest BCUT2D eigenvalue weighted by Crippen LogP contribution is 2.46. The van der Waals surface area contributed by atoms with E-state index in [1.165, 1.54) is 0 Å². The molecule has 1 aromatic carbocycles. The molecule has 4 aromatic rings. The molecule has 304 valence electrons. The molecule has 0 spiro atoms. The van der Waals surface area contributed by atoms with Crippen LogP contribution in [0.2, 0.25) is 51.4 Å². The molecule has 13 heteroatoms. The molecule has 2 fully saturated rings. The Morgan fingerprint density at radius 2 is 1.48 bits per heavy atom. The number of methoxy groups -OCH3 is 1. The standard InChI is InChI=1S/C43H64N6O5Si2/c1-43(2,3)54-42(50)48-34-17-18-35(48)25-33(24-34)39-37(28-51-4)41(47(29-52-20-22-55(5,6)7)30-53-21-23-56(8,9)10)49-40(46-39)36(27-45-49)32-16-19-38(44-26-32)31-14-12-11-13-15-31/h11-16,19,26-27,33-35H,17-18,20-25,28-30H2,1-10H3/t33-,34+,35-. The van der Waals surface area contributed by atoms with E-state index < -0.39 is 21.7 Å². The summed E-state index contributed by atoms with van der Waals surface area (Å²) in [7, 11) is -0.893. The Balaban J connectivity index is 1.44. The number of aromatic nitrogens is 4. The molecule has 2 saturated heterocycles. The number of carbonyl (C=O) groups excluding carboxylic acids is 1. The van der Waals surface area contributed by atoms with Crippen molar-refractivity contribution in [2.24, 2.45) is 0 Å². The van der Waals surface area contributed by atoms with Crippen LogP contribution in [-0.2, 0) is 25.6 Å². The number of anilines is 1. The number of pyridine rings is 1. The summed E-state index contributed by atoms with van der Waals surface area (Å²) in [6.45, 7) is 22.4. The lowest BCUT2D eigenvalue weighted by Gasteiger charge is -2.40. The smallest absolute Gasteiger partial charge is 0.410 e. The maximum absolute atomic E-state index is 13.5. The van der Waals surface area contributed by atoms with Crippen LogP contribution in [0.15, 0.2) is 54.9 Å². The molecule has 3 aromatic heterocycles. The average molecular weight is 801 g/mol. The van der Waals surface area contributed by atoms with Crippen molar-refractivity contribution in [3.8, 4) is 22.4 Å². The summed E-state index contributed by atoms with van der Waals surface area (Å²) in [6.07, 6.45) is 7.10. The van der Waals surface area contributed by atoms with E-state index in [0.29, 0.717) is 33.3 Å². The number of piperidine rings is 1. The van der Waals surface area contributed by atoms with Crippen LogP contribution in [0.1, 0.15) is 63.6 Å². The predicted molar refractivity (Wildman–Crippen MR) is 230 cm³/mol. The number of fused-ring (bicyclic) bond motifs is 3. The van der Waals surface area contributed by atoms with Crippen molar-refractivity contribution in [2.45, 2.75) is 128 Å². The number of carbonyl (C=O) groups is 1. The third kappa shape index (κ3) is 10.5. The fourth-order valence-electron chi connectivity index (χ4n) is 7.79. The van der Waals surface area contributed by atoms with Gasteiger partial charge in [-0.2, -0.15) is 9.61 Å². The number of hydrogen-bond acceptors (Lipinski definition) is 9. The Morgan fingerprint density at radius 3 is 2.02 bits per heavy atom. The number of ether oxygens (including phenoxy) is 4. The number of rotatable bonds is 16. The zero-order valence-electron chi connectivity index (χ0n) is 35.4. The first-order chi connectivity index (χ1) is 26.5. The average Bonchev–Trinajstić information content (AvgIpc) is 3.67. The molecule has 2 aliphatic rings. The molecule has 11 nitrogen and oxygen atoms in total. The van der Waals surface area contributed by atoms with Gasteiger partial charge < -0.3 is 28.7 Å². The van der Waals surface area contributed by atoms with E-state index in [2.05, 4.69) is 68.4 Å². The van der Waals surface area contributed by atoms with E-state index in [1.807, 2.05) is 60.8 Å². The molecule has 6 rings (SSSR count). The van der Waals surface area contributed by atoms with Crippen LogP contribution >= 0.6 is 0 Å². The van der Waals surface area contributed by atoms with Crippen LogP contribution in [-0.4, -0.2) is 98.2 Å². The molecule has 0 saturated carbocycles. The molecule has 0 aliphatic carbocycles. The van der Waals surface area contributed by atoms with Crippen LogP contribution < -0.4 is 4.90 Å². The molecular formula is C43H64N6O5Si2. The second kappa shape index (κ2) is 17.5. The second-order valence-electron chi connectivity index (χ2n) is 19.0. The first-order valence-electron chi connectivity index (χ1n) is 20.3. The van der Waals surface area contributed by atoms with E-state index >= 15 is 0 Å². The second-order valence-corrected chi connectivity index (χ2v) is 30.2. The largest absolute Gasteiger partial charge is 0.444 e. The molecular weight excluding hydrogens is 737 g/mol. The summed E-state index contributed by atoms with van der Waals surface area (Å²) >= 11 is 0. The minimum absolute atomic E-state index is 0.0792. The molecule has 56 heavy (non-hydrogen) atoms. The molecule has 0 unspecified atom stereocenters. The maximum Gasteiger partial charge on any atom is 0.410 e. The minimum Gasteiger partial charge on any atom is -0.444 e. The third-order valence-corrected chi connectivity index (χ3v) is 14.1. The van der Waals surface area contributed by atoms with Crippen molar-refractivity contribution >= 4 is 33.7 Å². The normalized spacial score (nSPS) is 18.8. The Hall–Kier alpha value is -3.63. The molecule has 2 aliphatic heterocycles.